The Bertz CT molecular complexity index is 574. The summed E-state index contributed by atoms with van der Waals surface area (Å²) >= 11 is 0. The van der Waals surface area contributed by atoms with Crippen LogP contribution in [-0.2, 0) is 10.0 Å². The highest BCUT2D eigenvalue weighted by molar-refractivity contribution is 7.89. The topological polar surface area (TPSA) is 83.6 Å². The highest BCUT2D eigenvalue weighted by atomic mass is 32.2. The van der Waals surface area contributed by atoms with Gasteiger partial charge < -0.3 is 10.8 Å². The van der Waals surface area contributed by atoms with Gasteiger partial charge in [0.25, 0.3) is 0 Å². The molecule has 3 N–H and O–H groups in total. The standard InChI is InChI=1S/C12H18F2N2O3S/c1-4-16(7-12(2,3)17)20(18,19)11-9(13)5-8(15)6-10(11)14/h5-6,17H,4,7,15H2,1-3H3. The fraction of sp³-hybridized carbons (Fsp3) is 0.500. The fourth-order valence-corrected chi connectivity index (χ4v) is 3.45. The molecule has 8 heteroatoms. The van der Waals surface area contributed by atoms with E-state index in [4.69, 9.17) is 5.73 Å². The van der Waals surface area contributed by atoms with Gasteiger partial charge in [-0.25, -0.2) is 17.2 Å². The van der Waals surface area contributed by atoms with Gasteiger partial charge in [0.05, 0.1) is 5.60 Å². The fourth-order valence-electron chi connectivity index (χ4n) is 1.75. The molecule has 0 aliphatic heterocycles. The average Bonchev–Trinajstić information content (AvgIpc) is 2.22. The third-order valence-electron chi connectivity index (χ3n) is 2.53. The maximum absolute atomic E-state index is 13.7. The molecule has 0 heterocycles. The molecule has 0 atom stereocenters. The molecule has 20 heavy (non-hydrogen) atoms. The number of sulfonamides is 1. The van der Waals surface area contributed by atoms with E-state index in [0.717, 1.165) is 16.4 Å². The van der Waals surface area contributed by atoms with Crippen molar-refractivity contribution in [3.63, 3.8) is 0 Å². The Morgan fingerprint density at radius 1 is 1.30 bits per heavy atom. The van der Waals surface area contributed by atoms with Crippen LogP contribution in [0.2, 0.25) is 0 Å². The van der Waals surface area contributed by atoms with Crippen molar-refractivity contribution in [1.82, 2.24) is 4.31 Å². The summed E-state index contributed by atoms with van der Waals surface area (Å²) in [5, 5.41) is 9.70. The number of rotatable bonds is 5. The van der Waals surface area contributed by atoms with E-state index >= 15 is 0 Å². The maximum Gasteiger partial charge on any atom is 0.249 e. The molecular weight excluding hydrogens is 290 g/mol. The first kappa shape index (κ1) is 16.8. The first-order chi connectivity index (χ1) is 8.99. The molecule has 0 aromatic heterocycles. The molecule has 0 saturated heterocycles. The average molecular weight is 308 g/mol. The van der Waals surface area contributed by atoms with Crippen LogP contribution in [0, 0.1) is 11.6 Å². The molecule has 0 aliphatic carbocycles. The van der Waals surface area contributed by atoms with Crippen LogP contribution in [0.25, 0.3) is 0 Å². The van der Waals surface area contributed by atoms with Crippen LogP contribution in [0.1, 0.15) is 20.8 Å². The van der Waals surface area contributed by atoms with E-state index in [1.165, 1.54) is 20.8 Å². The first-order valence-electron chi connectivity index (χ1n) is 5.96. The second-order valence-electron chi connectivity index (χ2n) is 5.06. The molecule has 114 valence electrons. The molecule has 1 aromatic rings. The van der Waals surface area contributed by atoms with Crippen LogP contribution in [-0.4, -0.2) is 36.5 Å². The Morgan fingerprint density at radius 3 is 2.10 bits per heavy atom. The summed E-state index contributed by atoms with van der Waals surface area (Å²) in [5.41, 5.74) is 3.72. The third-order valence-corrected chi connectivity index (χ3v) is 4.51. The largest absolute Gasteiger partial charge is 0.399 e. The predicted octanol–water partition coefficient (Wildman–Crippen LogP) is 1.33. The van der Waals surface area contributed by atoms with Crippen molar-refractivity contribution in [2.45, 2.75) is 31.3 Å². The molecule has 0 radical (unpaired) electrons. The Hall–Kier alpha value is -1.25. The zero-order valence-electron chi connectivity index (χ0n) is 11.5. The van der Waals surface area contributed by atoms with Crippen molar-refractivity contribution >= 4 is 15.7 Å². The molecule has 1 aromatic carbocycles. The zero-order valence-corrected chi connectivity index (χ0v) is 12.3. The lowest BCUT2D eigenvalue weighted by molar-refractivity contribution is 0.0600. The molecule has 0 saturated carbocycles. The second-order valence-corrected chi connectivity index (χ2v) is 6.93. The van der Waals surface area contributed by atoms with Crippen LogP contribution >= 0.6 is 0 Å². The molecule has 0 fully saturated rings. The Kier molecular flexibility index (Phi) is 4.73. The van der Waals surface area contributed by atoms with E-state index in [1.54, 1.807) is 0 Å². The van der Waals surface area contributed by atoms with E-state index in [-0.39, 0.29) is 18.8 Å². The second kappa shape index (κ2) is 5.63. The van der Waals surface area contributed by atoms with Gasteiger partial charge >= 0.3 is 0 Å². The minimum atomic E-state index is -4.39. The van der Waals surface area contributed by atoms with Gasteiger partial charge in [0.1, 0.15) is 11.6 Å². The number of benzene rings is 1. The SMILES string of the molecule is CCN(CC(C)(C)O)S(=O)(=O)c1c(F)cc(N)cc1F. The van der Waals surface area contributed by atoms with Gasteiger partial charge in [-0.15, -0.1) is 0 Å². The van der Waals surface area contributed by atoms with Gasteiger partial charge in [0, 0.05) is 18.8 Å². The zero-order chi connectivity index (χ0) is 15.7. The van der Waals surface area contributed by atoms with E-state index in [9.17, 15) is 22.3 Å². The highest BCUT2D eigenvalue weighted by Gasteiger charge is 2.33. The van der Waals surface area contributed by atoms with E-state index in [1.807, 2.05) is 0 Å². The van der Waals surface area contributed by atoms with Gasteiger partial charge in [-0.2, -0.15) is 4.31 Å². The van der Waals surface area contributed by atoms with Crippen LogP contribution in [0.5, 0.6) is 0 Å². The van der Waals surface area contributed by atoms with Crippen LogP contribution in [0.4, 0.5) is 14.5 Å². The first-order valence-corrected chi connectivity index (χ1v) is 7.40. The molecule has 0 amide bonds. The molecule has 0 aliphatic rings. The van der Waals surface area contributed by atoms with Crippen LogP contribution in [0.3, 0.4) is 0 Å². The minimum Gasteiger partial charge on any atom is -0.399 e. The smallest absolute Gasteiger partial charge is 0.249 e. The lowest BCUT2D eigenvalue weighted by atomic mass is 10.1. The summed E-state index contributed by atoms with van der Waals surface area (Å²) in [6, 6.07) is 1.49. The minimum absolute atomic E-state index is 0.0322. The third kappa shape index (κ3) is 3.65. The summed E-state index contributed by atoms with van der Waals surface area (Å²) in [6.45, 7) is 4.00. The van der Waals surface area contributed by atoms with Crippen molar-refractivity contribution in [3.8, 4) is 0 Å². The summed E-state index contributed by atoms with van der Waals surface area (Å²) in [6.07, 6.45) is 0. The number of hydrogen-bond donors (Lipinski definition) is 2. The number of halogens is 2. The molecular formula is C12H18F2N2O3S. The number of anilines is 1. The van der Waals surface area contributed by atoms with Gasteiger partial charge in [0.15, 0.2) is 4.90 Å². The van der Waals surface area contributed by atoms with Gasteiger partial charge in [-0.05, 0) is 26.0 Å². The molecule has 0 unspecified atom stereocenters. The maximum atomic E-state index is 13.7. The number of likely N-dealkylation sites (N-methyl/N-ethyl adjacent to an activating group) is 1. The van der Waals surface area contributed by atoms with E-state index in [2.05, 4.69) is 0 Å². The summed E-state index contributed by atoms with van der Waals surface area (Å²) < 4.78 is 52.9. The lowest BCUT2D eigenvalue weighted by Gasteiger charge is -2.27. The van der Waals surface area contributed by atoms with Crippen molar-refractivity contribution in [2.24, 2.45) is 0 Å². The van der Waals surface area contributed by atoms with E-state index in [0.29, 0.717) is 0 Å². The van der Waals surface area contributed by atoms with E-state index < -0.39 is 32.2 Å². The highest BCUT2D eigenvalue weighted by Crippen LogP contribution is 2.25. The summed E-state index contributed by atoms with van der Waals surface area (Å²) in [5.74, 6) is -2.51. The van der Waals surface area contributed by atoms with Crippen molar-refractivity contribution in [3.05, 3.63) is 23.8 Å². The lowest BCUT2D eigenvalue weighted by Crippen LogP contribution is -2.42. The van der Waals surface area contributed by atoms with Crippen molar-refractivity contribution in [1.29, 1.82) is 0 Å². The molecule has 1 rings (SSSR count). The predicted molar refractivity (Wildman–Crippen MR) is 71.5 cm³/mol. The van der Waals surface area contributed by atoms with Crippen molar-refractivity contribution < 1.29 is 22.3 Å². The van der Waals surface area contributed by atoms with Gasteiger partial charge in [-0.1, -0.05) is 6.92 Å². The molecule has 0 bridgehead atoms. The Labute approximate surface area is 117 Å². The number of nitrogens with zero attached hydrogens (tertiary/aromatic N) is 1. The van der Waals surface area contributed by atoms with Crippen LogP contribution in [0.15, 0.2) is 17.0 Å². The summed E-state index contributed by atoms with van der Waals surface area (Å²) in [4.78, 5) is -1.06. The van der Waals surface area contributed by atoms with Crippen LogP contribution < -0.4 is 5.73 Å². The number of nitrogens with two attached hydrogens (primary N) is 1. The van der Waals surface area contributed by atoms with Gasteiger partial charge in [0.2, 0.25) is 10.0 Å². The monoisotopic (exact) mass is 308 g/mol. The molecule has 0 spiro atoms. The Balaban J connectivity index is 3.35. The number of nitrogen functional groups attached to an aromatic ring is 1. The number of hydrogen-bond acceptors (Lipinski definition) is 4. The van der Waals surface area contributed by atoms with Gasteiger partial charge in [-0.3, -0.25) is 0 Å². The summed E-state index contributed by atoms with van der Waals surface area (Å²) in [7, 11) is -4.39. The van der Waals surface area contributed by atoms with Crippen molar-refractivity contribution in [2.75, 3.05) is 18.8 Å². The normalized spacial score (nSPS) is 12.9. The quantitative estimate of drug-likeness (QED) is 0.804. The Morgan fingerprint density at radius 2 is 1.75 bits per heavy atom. The number of aliphatic hydroxyl groups is 1. The molecule has 5 nitrogen and oxygen atoms in total.